The molecule has 0 heterocycles. The van der Waals surface area contributed by atoms with E-state index in [2.05, 4.69) is 15.9 Å². The first-order valence-electron chi connectivity index (χ1n) is 5.29. The van der Waals surface area contributed by atoms with Gasteiger partial charge < -0.3 is 0 Å². The van der Waals surface area contributed by atoms with E-state index in [1.807, 2.05) is 0 Å². The first-order chi connectivity index (χ1) is 8.56. The minimum Gasteiger partial charge on any atom is -0.294 e. The van der Waals surface area contributed by atoms with Gasteiger partial charge in [0.15, 0.2) is 5.78 Å². The van der Waals surface area contributed by atoms with Crippen molar-refractivity contribution in [3.8, 4) is 0 Å². The van der Waals surface area contributed by atoms with Crippen LogP contribution in [0, 0.1) is 5.82 Å². The van der Waals surface area contributed by atoms with Crippen LogP contribution in [0.5, 0.6) is 0 Å². The van der Waals surface area contributed by atoms with Crippen LogP contribution in [0.3, 0.4) is 0 Å². The molecule has 4 heteroatoms. The van der Waals surface area contributed by atoms with E-state index < -0.39 is 0 Å². The summed E-state index contributed by atoms with van der Waals surface area (Å²) in [6, 6.07) is 11.0. The Morgan fingerprint density at radius 2 is 1.83 bits per heavy atom. The molecule has 0 unspecified atom stereocenters. The highest BCUT2D eigenvalue weighted by Crippen LogP contribution is 2.20. The van der Waals surface area contributed by atoms with Gasteiger partial charge in [0, 0.05) is 21.5 Å². The second-order valence-electron chi connectivity index (χ2n) is 3.84. The normalized spacial score (nSPS) is 10.4. The predicted octanol–water partition coefficient (Wildman–Crippen LogP) is 4.67. The predicted molar refractivity (Wildman–Crippen MR) is 73.6 cm³/mol. The van der Waals surface area contributed by atoms with Gasteiger partial charge >= 0.3 is 0 Å². The van der Waals surface area contributed by atoms with E-state index in [4.69, 9.17) is 11.6 Å². The van der Waals surface area contributed by atoms with Gasteiger partial charge in [-0.3, -0.25) is 4.79 Å². The standard InChI is InChI=1S/C14H9BrClFO/c15-13-8-12(17)6-3-10(13)7-14(18)9-1-4-11(16)5-2-9/h1-6,8H,7H2. The number of Topliss-reactive ketones (excluding diaryl/α,β-unsaturated/α-hetero) is 1. The Kier molecular flexibility index (Phi) is 4.15. The molecule has 92 valence electrons. The van der Waals surface area contributed by atoms with Crippen LogP contribution in [0.1, 0.15) is 15.9 Å². The van der Waals surface area contributed by atoms with Crippen LogP contribution < -0.4 is 0 Å². The zero-order valence-corrected chi connectivity index (χ0v) is 11.6. The van der Waals surface area contributed by atoms with Crippen molar-refractivity contribution in [3.63, 3.8) is 0 Å². The summed E-state index contributed by atoms with van der Waals surface area (Å²) in [5.74, 6) is -0.358. The molecule has 0 spiro atoms. The molecule has 1 nitrogen and oxygen atoms in total. The van der Waals surface area contributed by atoms with Crippen LogP contribution in [0.2, 0.25) is 5.02 Å². The third-order valence-corrected chi connectivity index (χ3v) is 3.52. The summed E-state index contributed by atoms with van der Waals surface area (Å²) in [7, 11) is 0. The van der Waals surface area contributed by atoms with Crippen LogP contribution in [0.4, 0.5) is 4.39 Å². The molecule has 0 fully saturated rings. The first kappa shape index (κ1) is 13.2. The number of hydrogen-bond acceptors (Lipinski definition) is 1. The van der Waals surface area contributed by atoms with Gasteiger partial charge in [-0.1, -0.05) is 33.6 Å². The van der Waals surface area contributed by atoms with Crippen LogP contribution >= 0.6 is 27.5 Å². The Hall–Kier alpha value is -1.19. The van der Waals surface area contributed by atoms with Gasteiger partial charge in [0.1, 0.15) is 5.82 Å². The average Bonchev–Trinajstić information content (AvgIpc) is 2.33. The maximum atomic E-state index is 12.9. The SMILES string of the molecule is O=C(Cc1ccc(F)cc1Br)c1ccc(Cl)cc1. The lowest BCUT2D eigenvalue weighted by atomic mass is 10.0. The van der Waals surface area contributed by atoms with E-state index in [0.29, 0.717) is 15.1 Å². The largest absolute Gasteiger partial charge is 0.294 e. The highest BCUT2D eigenvalue weighted by atomic mass is 79.9. The van der Waals surface area contributed by atoms with Crippen molar-refractivity contribution >= 4 is 33.3 Å². The van der Waals surface area contributed by atoms with Crippen molar-refractivity contribution in [2.45, 2.75) is 6.42 Å². The zero-order chi connectivity index (χ0) is 13.1. The molecular weight excluding hydrogens is 319 g/mol. The number of carbonyl (C=O) groups excluding carboxylic acids is 1. The lowest BCUT2D eigenvalue weighted by Crippen LogP contribution is -2.04. The summed E-state index contributed by atoms with van der Waals surface area (Å²) in [4.78, 5) is 12.0. The average molecular weight is 328 g/mol. The fourth-order valence-electron chi connectivity index (χ4n) is 1.58. The third-order valence-electron chi connectivity index (χ3n) is 2.53. The quantitative estimate of drug-likeness (QED) is 0.749. The Bertz CT molecular complexity index is 581. The number of rotatable bonds is 3. The number of carbonyl (C=O) groups is 1. The zero-order valence-electron chi connectivity index (χ0n) is 9.29. The van der Waals surface area contributed by atoms with E-state index in [1.54, 1.807) is 30.3 Å². The van der Waals surface area contributed by atoms with E-state index in [9.17, 15) is 9.18 Å². The van der Waals surface area contributed by atoms with Gasteiger partial charge in [-0.15, -0.1) is 0 Å². The number of benzene rings is 2. The van der Waals surface area contributed by atoms with E-state index >= 15 is 0 Å². The molecule has 0 radical (unpaired) electrons. The first-order valence-corrected chi connectivity index (χ1v) is 6.46. The molecule has 0 aliphatic rings. The Balaban J connectivity index is 2.18. The van der Waals surface area contributed by atoms with Crippen molar-refractivity contribution in [2.24, 2.45) is 0 Å². The summed E-state index contributed by atoms with van der Waals surface area (Å²) < 4.78 is 13.5. The van der Waals surface area contributed by atoms with Crippen molar-refractivity contribution in [2.75, 3.05) is 0 Å². The molecule has 0 bridgehead atoms. The van der Waals surface area contributed by atoms with Crippen LogP contribution in [-0.2, 0) is 6.42 Å². The lowest BCUT2D eigenvalue weighted by molar-refractivity contribution is 0.0993. The summed E-state index contributed by atoms with van der Waals surface area (Å²) in [5.41, 5.74) is 1.35. The van der Waals surface area contributed by atoms with Gasteiger partial charge in [0.25, 0.3) is 0 Å². The molecule has 2 aromatic rings. The van der Waals surface area contributed by atoms with Crippen molar-refractivity contribution in [1.29, 1.82) is 0 Å². The molecule has 0 N–H and O–H groups in total. The molecule has 2 aromatic carbocycles. The monoisotopic (exact) mass is 326 g/mol. The van der Waals surface area contributed by atoms with Gasteiger partial charge in [0.05, 0.1) is 0 Å². The summed E-state index contributed by atoms with van der Waals surface area (Å²) >= 11 is 9.01. The maximum absolute atomic E-state index is 12.9. The fraction of sp³-hybridized carbons (Fsp3) is 0.0714. The molecule has 2 rings (SSSR count). The highest BCUT2D eigenvalue weighted by molar-refractivity contribution is 9.10. The Morgan fingerprint density at radius 1 is 1.17 bits per heavy atom. The summed E-state index contributed by atoms with van der Waals surface area (Å²) in [6.45, 7) is 0. The molecule has 0 aliphatic carbocycles. The van der Waals surface area contributed by atoms with Crippen LogP contribution in [-0.4, -0.2) is 5.78 Å². The smallest absolute Gasteiger partial charge is 0.167 e. The third kappa shape index (κ3) is 3.18. The molecule has 0 aromatic heterocycles. The van der Waals surface area contributed by atoms with Gasteiger partial charge in [0.2, 0.25) is 0 Å². The van der Waals surface area contributed by atoms with Gasteiger partial charge in [-0.25, -0.2) is 4.39 Å². The molecule has 0 aliphatic heterocycles. The lowest BCUT2D eigenvalue weighted by Gasteiger charge is -2.04. The summed E-state index contributed by atoms with van der Waals surface area (Å²) in [5, 5.41) is 0.592. The highest BCUT2D eigenvalue weighted by Gasteiger charge is 2.10. The molecule has 0 amide bonds. The van der Waals surface area contributed by atoms with Crippen molar-refractivity contribution < 1.29 is 9.18 Å². The molecule has 18 heavy (non-hydrogen) atoms. The number of ketones is 1. The number of hydrogen-bond donors (Lipinski definition) is 0. The van der Waals surface area contributed by atoms with E-state index in [-0.39, 0.29) is 18.0 Å². The van der Waals surface area contributed by atoms with Crippen molar-refractivity contribution in [1.82, 2.24) is 0 Å². The molecular formula is C14H9BrClFO. The van der Waals surface area contributed by atoms with Crippen molar-refractivity contribution in [3.05, 3.63) is 68.9 Å². The maximum Gasteiger partial charge on any atom is 0.167 e. The van der Waals surface area contributed by atoms with Gasteiger partial charge in [-0.2, -0.15) is 0 Å². The van der Waals surface area contributed by atoms with Gasteiger partial charge in [-0.05, 0) is 42.0 Å². The number of halogens is 3. The Labute approximate surface area is 118 Å². The fourth-order valence-corrected chi connectivity index (χ4v) is 2.19. The molecule has 0 saturated heterocycles. The van der Waals surface area contributed by atoms with E-state index in [1.165, 1.54) is 12.1 Å². The van der Waals surface area contributed by atoms with Crippen LogP contribution in [0.25, 0.3) is 0 Å². The summed E-state index contributed by atoms with van der Waals surface area (Å²) in [6.07, 6.45) is 0.225. The molecule has 0 atom stereocenters. The molecule has 0 saturated carbocycles. The van der Waals surface area contributed by atoms with E-state index in [0.717, 1.165) is 5.56 Å². The second kappa shape index (κ2) is 5.63. The van der Waals surface area contributed by atoms with Crippen LogP contribution in [0.15, 0.2) is 46.9 Å². The minimum atomic E-state index is -0.329. The second-order valence-corrected chi connectivity index (χ2v) is 5.13. The minimum absolute atomic E-state index is 0.0287. The Morgan fingerprint density at radius 3 is 2.44 bits per heavy atom. The topological polar surface area (TPSA) is 17.1 Å².